The predicted molar refractivity (Wildman–Crippen MR) is 136 cm³/mol. The fourth-order valence-electron chi connectivity index (χ4n) is 5.18. The number of carbonyl (C=O) groups excluding carboxylic acids is 2. The Morgan fingerprint density at radius 3 is 2.37 bits per heavy atom. The summed E-state index contributed by atoms with van der Waals surface area (Å²) in [4.78, 5) is 30.2. The topological polar surface area (TPSA) is 71.1 Å². The number of benzene rings is 2. The highest BCUT2D eigenvalue weighted by Gasteiger charge is 2.44. The zero-order chi connectivity index (χ0) is 25.1. The number of carbonyl (C=O) groups is 2. The van der Waals surface area contributed by atoms with Crippen molar-refractivity contribution in [3.63, 3.8) is 0 Å². The molecule has 4 rings (SSSR count). The smallest absolute Gasteiger partial charge is 0.408 e. The third-order valence-electron chi connectivity index (χ3n) is 6.84. The van der Waals surface area contributed by atoms with E-state index in [-0.39, 0.29) is 17.9 Å². The lowest BCUT2D eigenvalue weighted by atomic mass is 9.74. The van der Waals surface area contributed by atoms with Crippen LogP contribution >= 0.6 is 0 Å². The average Bonchev–Trinajstić information content (AvgIpc) is 3.09. The molecule has 0 aliphatic carbocycles. The van der Waals surface area contributed by atoms with E-state index in [0.717, 1.165) is 24.9 Å². The van der Waals surface area contributed by atoms with Gasteiger partial charge in [-0.1, -0.05) is 48.5 Å². The van der Waals surface area contributed by atoms with Gasteiger partial charge in [-0.05, 0) is 50.8 Å². The minimum absolute atomic E-state index is 0.0695. The molecule has 1 atom stereocenters. The van der Waals surface area contributed by atoms with Crippen molar-refractivity contribution < 1.29 is 19.1 Å². The number of ether oxygens (including phenoxy) is 2. The Bertz CT molecular complexity index is 1030. The normalized spacial score (nSPS) is 17.7. The maximum atomic E-state index is 13.5. The number of hydrogen-bond acceptors (Lipinski definition) is 5. The minimum Gasteiger partial charge on any atom is -0.444 e. The van der Waals surface area contributed by atoms with Gasteiger partial charge in [0.05, 0.1) is 13.2 Å². The van der Waals surface area contributed by atoms with Gasteiger partial charge in [-0.25, -0.2) is 4.79 Å². The summed E-state index contributed by atoms with van der Waals surface area (Å²) in [5.41, 5.74) is 3.09. The monoisotopic (exact) mass is 479 g/mol. The first-order chi connectivity index (χ1) is 16.7. The van der Waals surface area contributed by atoms with E-state index in [1.54, 1.807) is 20.8 Å². The summed E-state index contributed by atoms with van der Waals surface area (Å²) in [5, 5.41) is 2.76. The molecule has 1 spiro atoms. The molecular weight excluding hydrogens is 442 g/mol. The fourth-order valence-corrected chi connectivity index (χ4v) is 5.18. The van der Waals surface area contributed by atoms with Gasteiger partial charge in [0.2, 0.25) is 5.91 Å². The van der Waals surface area contributed by atoms with Crippen LogP contribution < -0.4 is 10.2 Å². The Hall–Kier alpha value is -3.06. The molecular formula is C28H37N3O4. The molecule has 188 valence electrons. The van der Waals surface area contributed by atoms with Crippen LogP contribution in [-0.2, 0) is 26.3 Å². The van der Waals surface area contributed by atoms with Gasteiger partial charge >= 0.3 is 6.09 Å². The van der Waals surface area contributed by atoms with E-state index >= 15 is 0 Å². The summed E-state index contributed by atoms with van der Waals surface area (Å²) in [7, 11) is 2.13. The number of likely N-dealkylation sites (tertiary alicyclic amines) is 1. The third kappa shape index (κ3) is 5.96. The Labute approximate surface area is 208 Å². The summed E-state index contributed by atoms with van der Waals surface area (Å²) in [5.74, 6) is -0.126. The summed E-state index contributed by atoms with van der Waals surface area (Å²) >= 11 is 0. The van der Waals surface area contributed by atoms with Crippen LogP contribution in [-0.4, -0.2) is 61.8 Å². The highest BCUT2D eigenvalue weighted by Crippen LogP contribution is 2.46. The van der Waals surface area contributed by atoms with Crippen LogP contribution in [0.15, 0.2) is 54.6 Å². The van der Waals surface area contributed by atoms with Crippen LogP contribution in [0.4, 0.5) is 10.5 Å². The fraction of sp³-hybridized carbons (Fsp3) is 0.500. The molecule has 1 fully saturated rings. The van der Waals surface area contributed by atoms with Crippen molar-refractivity contribution in [2.75, 3.05) is 38.2 Å². The Morgan fingerprint density at radius 2 is 1.69 bits per heavy atom. The number of rotatable bonds is 6. The van der Waals surface area contributed by atoms with Crippen LogP contribution in [0.25, 0.3) is 0 Å². The Balaban J connectivity index is 1.41. The van der Waals surface area contributed by atoms with Crippen molar-refractivity contribution in [1.29, 1.82) is 0 Å². The quantitative estimate of drug-likeness (QED) is 0.675. The number of nitrogens with one attached hydrogen (secondary N) is 1. The van der Waals surface area contributed by atoms with Gasteiger partial charge in [-0.15, -0.1) is 0 Å². The van der Waals surface area contributed by atoms with Crippen LogP contribution in [0.2, 0.25) is 0 Å². The third-order valence-corrected chi connectivity index (χ3v) is 6.84. The first kappa shape index (κ1) is 25.0. The van der Waals surface area contributed by atoms with E-state index in [1.807, 2.05) is 35.2 Å². The molecule has 2 aliphatic heterocycles. The predicted octanol–water partition coefficient (Wildman–Crippen LogP) is 4.11. The number of anilines is 1. The molecule has 35 heavy (non-hydrogen) atoms. The standard InChI is InChI=1S/C28H37N3O4/c1-27(2,3)35-26(33)29-23(19-34-18-21-10-6-5-7-11-21)25(32)31-16-14-28(15-17-31)20-30(4)24-13-9-8-12-22(24)28/h5-13,23H,14-20H2,1-4H3,(H,29,33)/t23-/m1/s1. The summed E-state index contributed by atoms with van der Waals surface area (Å²) in [6, 6.07) is 17.6. The molecule has 2 amide bonds. The van der Waals surface area contributed by atoms with E-state index in [9.17, 15) is 9.59 Å². The second kappa shape index (κ2) is 10.3. The molecule has 1 N–H and O–H groups in total. The van der Waals surface area contributed by atoms with Crippen molar-refractivity contribution in [2.24, 2.45) is 0 Å². The van der Waals surface area contributed by atoms with Gasteiger partial charge in [0.15, 0.2) is 0 Å². The van der Waals surface area contributed by atoms with Gasteiger partial charge in [0.1, 0.15) is 11.6 Å². The van der Waals surface area contributed by atoms with Crippen molar-refractivity contribution >= 4 is 17.7 Å². The van der Waals surface area contributed by atoms with Crippen LogP contribution in [0.3, 0.4) is 0 Å². The van der Waals surface area contributed by atoms with Gasteiger partial charge < -0.3 is 24.6 Å². The molecule has 0 saturated carbocycles. The zero-order valence-electron chi connectivity index (χ0n) is 21.3. The number of alkyl carbamates (subject to hydrolysis) is 1. The molecule has 7 nitrogen and oxygen atoms in total. The number of fused-ring (bicyclic) bond motifs is 2. The lowest BCUT2D eigenvalue weighted by Gasteiger charge is -2.41. The molecule has 0 unspecified atom stereocenters. The van der Waals surface area contributed by atoms with E-state index in [0.29, 0.717) is 19.7 Å². The minimum atomic E-state index is -0.804. The largest absolute Gasteiger partial charge is 0.444 e. The van der Waals surface area contributed by atoms with Crippen molar-refractivity contribution in [3.8, 4) is 0 Å². The second-order valence-electron chi connectivity index (χ2n) is 10.7. The number of nitrogens with zero attached hydrogens (tertiary/aromatic N) is 2. The zero-order valence-corrected chi connectivity index (χ0v) is 21.3. The van der Waals surface area contributed by atoms with Crippen LogP contribution in [0.1, 0.15) is 44.7 Å². The maximum absolute atomic E-state index is 13.5. The first-order valence-electron chi connectivity index (χ1n) is 12.4. The lowest BCUT2D eigenvalue weighted by molar-refractivity contribution is -0.136. The number of para-hydroxylation sites is 1. The molecule has 2 aromatic rings. The highest BCUT2D eigenvalue weighted by molar-refractivity contribution is 5.86. The van der Waals surface area contributed by atoms with Crippen LogP contribution in [0, 0.1) is 0 Å². The summed E-state index contributed by atoms with van der Waals surface area (Å²) in [6.07, 6.45) is 1.17. The molecule has 1 saturated heterocycles. The van der Waals surface area contributed by atoms with E-state index < -0.39 is 17.7 Å². The van der Waals surface area contributed by atoms with E-state index in [4.69, 9.17) is 9.47 Å². The average molecular weight is 480 g/mol. The second-order valence-corrected chi connectivity index (χ2v) is 10.7. The first-order valence-corrected chi connectivity index (χ1v) is 12.4. The van der Waals surface area contributed by atoms with Crippen molar-refractivity contribution in [2.45, 2.75) is 57.3 Å². The summed E-state index contributed by atoms with van der Waals surface area (Å²) in [6.45, 7) is 8.11. The number of hydrogen-bond donors (Lipinski definition) is 1. The SMILES string of the molecule is CN1CC2(CCN(C(=O)[C@@H](COCc3ccccc3)NC(=O)OC(C)(C)C)CC2)c2ccccc21. The highest BCUT2D eigenvalue weighted by atomic mass is 16.6. The molecule has 0 radical (unpaired) electrons. The molecule has 2 aromatic carbocycles. The molecule has 2 aliphatic rings. The maximum Gasteiger partial charge on any atom is 0.408 e. The van der Waals surface area contributed by atoms with E-state index in [2.05, 4.69) is 41.5 Å². The molecule has 7 heteroatoms. The van der Waals surface area contributed by atoms with Crippen molar-refractivity contribution in [3.05, 3.63) is 65.7 Å². The number of amides is 2. The number of piperidine rings is 1. The van der Waals surface area contributed by atoms with Gasteiger partial charge in [0.25, 0.3) is 0 Å². The Kier molecular flexibility index (Phi) is 7.36. The van der Waals surface area contributed by atoms with Crippen molar-refractivity contribution in [1.82, 2.24) is 10.2 Å². The number of likely N-dealkylation sites (N-methyl/N-ethyl adjacent to an activating group) is 1. The lowest BCUT2D eigenvalue weighted by Crippen LogP contribution is -2.55. The Morgan fingerprint density at radius 1 is 1.03 bits per heavy atom. The van der Waals surface area contributed by atoms with E-state index in [1.165, 1.54) is 11.3 Å². The van der Waals surface area contributed by atoms with Crippen LogP contribution in [0.5, 0.6) is 0 Å². The molecule has 2 heterocycles. The van der Waals surface area contributed by atoms with Gasteiger partial charge in [-0.3, -0.25) is 4.79 Å². The summed E-state index contributed by atoms with van der Waals surface area (Å²) < 4.78 is 11.3. The molecule has 0 aromatic heterocycles. The van der Waals surface area contributed by atoms with Gasteiger partial charge in [0, 0.05) is 37.8 Å². The molecule has 0 bridgehead atoms. The van der Waals surface area contributed by atoms with Gasteiger partial charge in [-0.2, -0.15) is 0 Å².